The third kappa shape index (κ3) is 3.74. The summed E-state index contributed by atoms with van der Waals surface area (Å²) in [5.41, 5.74) is 4.72. The molecule has 0 bridgehead atoms. The van der Waals surface area contributed by atoms with Gasteiger partial charge in [-0.3, -0.25) is 4.79 Å². The summed E-state index contributed by atoms with van der Waals surface area (Å²) in [5.74, 6) is -0.434. The van der Waals surface area contributed by atoms with Gasteiger partial charge in [0.2, 0.25) is 0 Å². The molecule has 0 fully saturated rings. The lowest BCUT2D eigenvalue weighted by molar-refractivity contribution is -0.137. The Morgan fingerprint density at radius 3 is 2.29 bits per heavy atom. The molecule has 0 spiro atoms. The second-order valence-electron chi connectivity index (χ2n) is 3.69. The second-order valence-corrected chi connectivity index (χ2v) is 3.69. The molecule has 0 aliphatic rings. The van der Waals surface area contributed by atoms with Crippen LogP contribution in [0.4, 0.5) is 13.2 Å². The Morgan fingerprint density at radius 1 is 1.35 bits per heavy atom. The van der Waals surface area contributed by atoms with Crippen molar-refractivity contribution in [2.24, 2.45) is 5.73 Å². The van der Waals surface area contributed by atoms with Gasteiger partial charge in [-0.1, -0.05) is 0 Å². The standard InChI is InChI=1S/C11H13F3N2O/c1-7(6-15)16-10(17)8-2-4-9(5-3-8)11(12,13)14/h2-5,7H,6,15H2,1H3,(H,16,17). The van der Waals surface area contributed by atoms with E-state index in [1.165, 1.54) is 0 Å². The van der Waals surface area contributed by atoms with Crippen molar-refractivity contribution in [2.45, 2.75) is 19.1 Å². The van der Waals surface area contributed by atoms with E-state index in [9.17, 15) is 18.0 Å². The largest absolute Gasteiger partial charge is 0.416 e. The number of benzene rings is 1. The van der Waals surface area contributed by atoms with E-state index in [-0.39, 0.29) is 18.2 Å². The first-order valence-corrected chi connectivity index (χ1v) is 5.02. The number of hydrogen-bond donors (Lipinski definition) is 2. The molecule has 17 heavy (non-hydrogen) atoms. The topological polar surface area (TPSA) is 55.1 Å². The van der Waals surface area contributed by atoms with Crippen LogP contribution in [0, 0.1) is 0 Å². The van der Waals surface area contributed by atoms with Gasteiger partial charge in [0.15, 0.2) is 0 Å². The maximum absolute atomic E-state index is 12.3. The Bertz CT molecular complexity index is 387. The first kappa shape index (κ1) is 13.5. The minimum absolute atomic E-state index is 0.179. The number of hydrogen-bond acceptors (Lipinski definition) is 2. The number of nitrogens with two attached hydrogens (primary N) is 1. The molecule has 3 N–H and O–H groups in total. The average molecular weight is 246 g/mol. The molecule has 94 valence electrons. The van der Waals surface area contributed by atoms with Crippen LogP contribution in [-0.4, -0.2) is 18.5 Å². The summed E-state index contributed by atoms with van der Waals surface area (Å²) in [6.45, 7) is 1.98. The summed E-state index contributed by atoms with van der Waals surface area (Å²) >= 11 is 0. The second kappa shape index (κ2) is 5.18. The van der Waals surface area contributed by atoms with Crippen LogP contribution in [0.25, 0.3) is 0 Å². The zero-order valence-corrected chi connectivity index (χ0v) is 9.21. The van der Waals surface area contributed by atoms with Gasteiger partial charge in [-0.2, -0.15) is 13.2 Å². The molecule has 0 heterocycles. The van der Waals surface area contributed by atoms with Gasteiger partial charge in [0.1, 0.15) is 0 Å². The maximum Gasteiger partial charge on any atom is 0.416 e. The Labute approximate surface area is 96.8 Å². The van der Waals surface area contributed by atoms with Crippen LogP contribution in [0.1, 0.15) is 22.8 Å². The summed E-state index contributed by atoms with van der Waals surface area (Å²) in [5, 5.41) is 2.56. The van der Waals surface area contributed by atoms with Crippen LogP contribution >= 0.6 is 0 Å². The van der Waals surface area contributed by atoms with E-state index < -0.39 is 17.6 Å². The molecule has 0 aliphatic carbocycles. The van der Waals surface area contributed by atoms with Gasteiger partial charge in [0, 0.05) is 18.2 Å². The monoisotopic (exact) mass is 246 g/mol. The Balaban J connectivity index is 2.78. The minimum atomic E-state index is -4.39. The summed E-state index contributed by atoms with van der Waals surface area (Å²) in [6.07, 6.45) is -4.39. The summed E-state index contributed by atoms with van der Waals surface area (Å²) in [4.78, 5) is 11.5. The highest BCUT2D eigenvalue weighted by molar-refractivity contribution is 5.94. The molecule has 1 aromatic rings. The van der Waals surface area contributed by atoms with E-state index in [1.54, 1.807) is 6.92 Å². The van der Waals surface area contributed by atoms with E-state index in [2.05, 4.69) is 5.32 Å². The zero-order chi connectivity index (χ0) is 13.1. The highest BCUT2D eigenvalue weighted by Gasteiger charge is 2.30. The third-order valence-electron chi connectivity index (χ3n) is 2.21. The number of carbonyl (C=O) groups excluding carboxylic acids is 1. The van der Waals surface area contributed by atoms with Crippen LogP contribution in [0.2, 0.25) is 0 Å². The van der Waals surface area contributed by atoms with Gasteiger partial charge in [-0.05, 0) is 31.2 Å². The molecular formula is C11H13F3N2O. The van der Waals surface area contributed by atoms with Gasteiger partial charge in [-0.25, -0.2) is 0 Å². The molecule has 0 saturated heterocycles. The summed E-state index contributed by atoms with van der Waals surface area (Å²) in [7, 11) is 0. The number of amides is 1. The van der Waals surface area contributed by atoms with Crippen LogP contribution < -0.4 is 11.1 Å². The minimum Gasteiger partial charge on any atom is -0.348 e. The molecule has 1 atom stereocenters. The number of carbonyl (C=O) groups is 1. The molecule has 1 rings (SSSR count). The van der Waals surface area contributed by atoms with E-state index in [0.717, 1.165) is 24.3 Å². The van der Waals surface area contributed by atoms with E-state index >= 15 is 0 Å². The van der Waals surface area contributed by atoms with Crippen LogP contribution in [0.3, 0.4) is 0 Å². The van der Waals surface area contributed by atoms with Gasteiger partial charge < -0.3 is 11.1 Å². The van der Waals surface area contributed by atoms with Crippen molar-refractivity contribution < 1.29 is 18.0 Å². The van der Waals surface area contributed by atoms with Crippen LogP contribution in [-0.2, 0) is 6.18 Å². The predicted molar refractivity (Wildman–Crippen MR) is 57.4 cm³/mol. The van der Waals surface area contributed by atoms with Crippen molar-refractivity contribution >= 4 is 5.91 Å². The fraction of sp³-hybridized carbons (Fsp3) is 0.364. The normalized spacial score (nSPS) is 13.2. The Morgan fingerprint density at radius 2 is 1.88 bits per heavy atom. The van der Waals surface area contributed by atoms with Gasteiger partial charge in [-0.15, -0.1) is 0 Å². The van der Waals surface area contributed by atoms with Crippen molar-refractivity contribution in [3.05, 3.63) is 35.4 Å². The smallest absolute Gasteiger partial charge is 0.348 e. The molecule has 0 aliphatic heterocycles. The fourth-order valence-electron chi connectivity index (χ4n) is 1.18. The van der Waals surface area contributed by atoms with E-state index in [0.29, 0.717) is 0 Å². The van der Waals surface area contributed by atoms with Crippen LogP contribution in [0.5, 0.6) is 0 Å². The van der Waals surface area contributed by atoms with E-state index in [4.69, 9.17) is 5.73 Å². The van der Waals surface area contributed by atoms with Crippen molar-refractivity contribution in [3.63, 3.8) is 0 Å². The highest BCUT2D eigenvalue weighted by Crippen LogP contribution is 2.28. The van der Waals surface area contributed by atoms with Gasteiger partial charge in [0.05, 0.1) is 5.56 Å². The van der Waals surface area contributed by atoms with Crippen molar-refractivity contribution in [1.82, 2.24) is 5.32 Å². The predicted octanol–water partition coefficient (Wildman–Crippen LogP) is 1.78. The van der Waals surface area contributed by atoms with Gasteiger partial charge in [0.25, 0.3) is 5.91 Å². The summed E-state index contributed by atoms with van der Waals surface area (Å²) in [6, 6.07) is 3.82. The third-order valence-corrected chi connectivity index (χ3v) is 2.21. The molecule has 6 heteroatoms. The van der Waals surface area contributed by atoms with Gasteiger partial charge >= 0.3 is 6.18 Å². The molecule has 0 radical (unpaired) electrons. The number of nitrogens with one attached hydrogen (secondary N) is 1. The highest BCUT2D eigenvalue weighted by atomic mass is 19.4. The number of halogens is 3. The Hall–Kier alpha value is -1.56. The SMILES string of the molecule is CC(CN)NC(=O)c1ccc(C(F)(F)F)cc1. The first-order valence-electron chi connectivity index (χ1n) is 5.02. The van der Waals surface area contributed by atoms with E-state index in [1.807, 2.05) is 0 Å². The maximum atomic E-state index is 12.3. The van der Waals surface area contributed by atoms with Crippen LogP contribution in [0.15, 0.2) is 24.3 Å². The van der Waals surface area contributed by atoms with Crippen molar-refractivity contribution in [3.8, 4) is 0 Å². The molecule has 0 aromatic heterocycles. The average Bonchev–Trinajstić information content (AvgIpc) is 2.27. The Kier molecular flexibility index (Phi) is 4.11. The number of alkyl halides is 3. The molecule has 1 unspecified atom stereocenters. The molecule has 0 saturated carbocycles. The van der Waals surface area contributed by atoms with Crippen molar-refractivity contribution in [2.75, 3.05) is 6.54 Å². The van der Waals surface area contributed by atoms with Crippen molar-refractivity contribution in [1.29, 1.82) is 0 Å². The lowest BCUT2D eigenvalue weighted by Crippen LogP contribution is -2.37. The fourth-order valence-corrected chi connectivity index (χ4v) is 1.18. The summed E-state index contributed by atoms with van der Waals surface area (Å²) < 4.78 is 36.8. The zero-order valence-electron chi connectivity index (χ0n) is 9.21. The quantitative estimate of drug-likeness (QED) is 0.854. The molecule has 3 nitrogen and oxygen atoms in total. The first-order chi connectivity index (χ1) is 7.84. The molecule has 1 aromatic carbocycles. The number of rotatable bonds is 3. The lowest BCUT2D eigenvalue weighted by atomic mass is 10.1. The lowest BCUT2D eigenvalue weighted by Gasteiger charge is -2.12. The molecular weight excluding hydrogens is 233 g/mol. The molecule has 1 amide bonds.